The van der Waals surface area contributed by atoms with Gasteiger partial charge in [-0.05, 0) is 46.2 Å². The Morgan fingerprint density at radius 2 is 1.85 bits per heavy atom. The van der Waals surface area contributed by atoms with Crippen molar-refractivity contribution in [3.8, 4) is 6.07 Å². The van der Waals surface area contributed by atoms with E-state index in [1.54, 1.807) is 12.4 Å². The Balaban J connectivity index is 2.41. The van der Waals surface area contributed by atoms with Crippen LogP contribution in [0.4, 0.5) is 0 Å². The highest BCUT2D eigenvalue weighted by Gasteiger charge is 2.52. The van der Waals surface area contributed by atoms with Crippen LogP contribution < -0.4 is 11.2 Å². The quantitative estimate of drug-likeness (QED) is 0.822. The second kappa shape index (κ2) is 5.17. The van der Waals surface area contributed by atoms with E-state index in [2.05, 4.69) is 11.1 Å². The summed E-state index contributed by atoms with van der Waals surface area (Å²) in [6, 6.07) is 2.23. The predicted molar refractivity (Wildman–Crippen MR) is 77.4 cm³/mol. The minimum absolute atomic E-state index is 0.436. The molecule has 2 N–H and O–H groups in total. The second-order valence-electron chi connectivity index (χ2n) is 6.00. The first kappa shape index (κ1) is 15.0. The van der Waals surface area contributed by atoms with Crippen LogP contribution in [0.15, 0.2) is 12.4 Å². The maximum atomic E-state index is 9.42. The summed E-state index contributed by atoms with van der Waals surface area (Å²) in [6.45, 7) is 8.40. The number of pyridine rings is 1. The zero-order valence-electron chi connectivity index (χ0n) is 12.4. The van der Waals surface area contributed by atoms with Gasteiger partial charge in [0.25, 0.3) is 0 Å². The molecule has 106 valence electrons. The average Bonchev–Trinajstić information content (AvgIpc) is 2.58. The highest BCUT2D eigenvalue weighted by Crippen LogP contribution is 2.36. The fraction of sp³-hybridized carbons (Fsp3) is 0.571. The van der Waals surface area contributed by atoms with Crippen molar-refractivity contribution in [3.63, 3.8) is 0 Å². The molecule has 2 heterocycles. The van der Waals surface area contributed by atoms with Crippen LogP contribution in [0.2, 0.25) is 0 Å². The van der Waals surface area contributed by atoms with Crippen LogP contribution in [0.3, 0.4) is 0 Å². The van der Waals surface area contributed by atoms with Gasteiger partial charge in [0.15, 0.2) is 0 Å². The molecule has 1 saturated heterocycles. The van der Waals surface area contributed by atoms with Crippen LogP contribution in [-0.4, -0.2) is 29.8 Å². The van der Waals surface area contributed by atoms with Crippen molar-refractivity contribution in [2.45, 2.75) is 45.3 Å². The summed E-state index contributed by atoms with van der Waals surface area (Å²) >= 11 is 0. The molecule has 2 rings (SSSR count). The fourth-order valence-corrected chi connectivity index (χ4v) is 2.15. The Kier molecular flexibility index (Phi) is 3.87. The molecule has 0 spiro atoms. The van der Waals surface area contributed by atoms with Gasteiger partial charge in [0.05, 0.1) is 22.8 Å². The zero-order chi connectivity index (χ0) is 15.0. The standard InChI is InChI=1S/C14H20BN3O2/c1-13(2)14(3,4)20-15(19-13)12-9-18-8-10(5-6-16)11(12)7-17/h8-9H,5-6,16H2,1-4H3. The number of nitriles is 1. The first-order chi connectivity index (χ1) is 9.32. The number of nitrogens with zero attached hydrogens (tertiary/aromatic N) is 2. The Morgan fingerprint density at radius 1 is 1.25 bits per heavy atom. The van der Waals surface area contributed by atoms with E-state index >= 15 is 0 Å². The van der Waals surface area contributed by atoms with Gasteiger partial charge in [-0.25, -0.2) is 0 Å². The number of hydrogen-bond acceptors (Lipinski definition) is 5. The number of aromatic nitrogens is 1. The topological polar surface area (TPSA) is 81.2 Å². The maximum absolute atomic E-state index is 9.42. The molecule has 6 heteroatoms. The molecule has 0 radical (unpaired) electrons. The van der Waals surface area contributed by atoms with Gasteiger partial charge in [-0.3, -0.25) is 4.98 Å². The van der Waals surface area contributed by atoms with Crippen molar-refractivity contribution in [2.24, 2.45) is 5.73 Å². The first-order valence-corrected chi connectivity index (χ1v) is 6.75. The van der Waals surface area contributed by atoms with Gasteiger partial charge in [-0.15, -0.1) is 0 Å². The van der Waals surface area contributed by atoms with Crippen LogP contribution >= 0.6 is 0 Å². The van der Waals surface area contributed by atoms with Crippen molar-refractivity contribution in [3.05, 3.63) is 23.5 Å². The monoisotopic (exact) mass is 273 g/mol. The third-order valence-corrected chi connectivity index (χ3v) is 4.09. The molecule has 0 amide bonds. The minimum Gasteiger partial charge on any atom is -0.399 e. The van der Waals surface area contributed by atoms with Crippen molar-refractivity contribution in [2.75, 3.05) is 6.54 Å². The van der Waals surface area contributed by atoms with Crippen molar-refractivity contribution < 1.29 is 9.31 Å². The van der Waals surface area contributed by atoms with Crippen molar-refractivity contribution in [1.82, 2.24) is 4.98 Å². The summed E-state index contributed by atoms with van der Waals surface area (Å²) < 4.78 is 12.0. The van der Waals surface area contributed by atoms with E-state index in [-0.39, 0.29) is 0 Å². The van der Waals surface area contributed by atoms with Gasteiger partial charge >= 0.3 is 7.12 Å². The van der Waals surface area contributed by atoms with E-state index in [0.717, 1.165) is 5.56 Å². The van der Waals surface area contributed by atoms with Crippen LogP contribution in [0, 0.1) is 11.3 Å². The fourth-order valence-electron chi connectivity index (χ4n) is 2.15. The van der Waals surface area contributed by atoms with Gasteiger partial charge in [-0.1, -0.05) is 0 Å². The molecular formula is C14H20BN3O2. The molecule has 0 aromatic carbocycles. The summed E-state index contributed by atoms with van der Waals surface area (Å²) in [5.41, 5.74) is 6.77. The van der Waals surface area contributed by atoms with Gasteiger partial charge in [0.1, 0.15) is 0 Å². The molecule has 20 heavy (non-hydrogen) atoms. The number of nitrogens with two attached hydrogens (primary N) is 1. The van der Waals surface area contributed by atoms with Gasteiger partial charge in [-0.2, -0.15) is 5.26 Å². The maximum Gasteiger partial charge on any atom is 0.497 e. The van der Waals surface area contributed by atoms with Gasteiger partial charge in [0.2, 0.25) is 0 Å². The van der Waals surface area contributed by atoms with Crippen LogP contribution in [0.5, 0.6) is 0 Å². The molecule has 0 aliphatic carbocycles. The molecule has 0 unspecified atom stereocenters. The highest BCUT2D eigenvalue weighted by molar-refractivity contribution is 6.62. The van der Waals surface area contributed by atoms with E-state index in [4.69, 9.17) is 15.0 Å². The third-order valence-electron chi connectivity index (χ3n) is 4.09. The summed E-state index contributed by atoms with van der Waals surface area (Å²) in [7, 11) is -0.570. The predicted octanol–water partition coefficient (Wildman–Crippen LogP) is 0.754. The molecule has 1 aliphatic rings. The van der Waals surface area contributed by atoms with E-state index < -0.39 is 18.3 Å². The molecular weight excluding hydrogens is 253 g/mol. The Hall–Kier alpha value is -1.42. The lowest BCUT2D eigenvalue weighted by Gasteiger charge is -2.32. The largest absolute Gasteiger partial charge is 0.497 e. The van der Waals surface area contributed by atoms with Crippen molar-refractivity contribution in [1.29, 1.82) is 5.26 Å². The highest BCUT2D eigenvalue weighted by atomic mass is 16.7. The lowest BCUT2D eigenvalue weighted by Crippen LogP contribution is -2.41. The summed E-state index contributed by atoms with van der Waals surface area (Å²) in [6.07, 6.45) is 3.93. The number of hydrogen-bond donors (Lipinski definition) is 1. The lowest BCUT2D eigenvalue weighted by atomic mass is 9.76. The SMILES string of the molecule is CC1(C)OB(c2cncc(CCN)c2C#N)OC1(C)C. The molecule has 0 bridgehead atoms. The van der Waals surface area contributed by atoms with Gasteiger partial charge < -0.3 is 15.0 Å². The number of rotatable bonds is 3. The summed E-state index contributed by atoms with van der Waals surface area (Å²) in [5.74, 6) is 0. The van der Waals surface area contributed by atoms with Crippen molar-refractivity contribution >= 4 is 12.6 Å². The van der Waals surface area contributed by atoms with E-state index in [0.29, 0.717) is 24.0 Å². The summed E-state index contributed by atoms with van der Waals surface area (Å²) in [5, 5.41) is 9.42. The molecule has 1 aromatic heterocycles. The van der Waals surface area contributed by atoms with E-state index in [1.807, 2.05) is 27.7 Å². The minimum atomic E-state index is -0.570. The van der Waals surface area contributed by atoms with Crippen LogP contribution in [-0.2, 0) is 15.7 Å². The molecule has 0 atom stereocenters. The lowest BCUT2D eigenvalue weighted by molar-refractivity contribution is 0.00578. The Bertz CT molecular complexity index is 536. The Labute approximate surface area is 120 Å². The zero-order valence-corrected chi connectivity index (χ0v) is 12.4. The third kappa shape index (κ3) is 2.45. The second-order valence-corrected chi connectivity index (χ2v) is 6.00. The Morgan fingerprint density at radius 3 is 2.35 bits per heavy atom. The van der Waals surface area contributed by atoms with E-state index in [1.165, 1.54) is 0 Å². The molecule has 0 saturated carbocycles. The van der Waals surface area contributed by atoms with Gasteiger partial charge in [0, 0.05) is 17.9 Å². The molecule has 5 nitrogen and oxygen atoms in total. The normalized spacial score (nSPS) is 19.9. The van der Waals surface area contributed by atoms with Crippen LogP contribution in [0.1, 0.15) is 38.8 Å². The molecule has 1 aliphatic heterocycles. The summed E-state index contributed by atoms with van der Waals surface area (Å²) in [4.78, 5) is 4.19. The smallest absolute Gasteiger partial charge is 0.399 e. The average molecular weight is 273 g/mol. The molecule has 1 fully saturated rings. The first-order valence-electron chi connectivity index (χ1n) is 6.75. The van der Waals surface area contributed by atoms with Crippen LogP contribution in [0.25, 0.3) is 0 Å². The van der Waals surface area contributed by atoms with E-state index in [9.17, 15) is 5.26 Å². The molecule has 1 aromatic rings.